The fourth-order valence-electron chi connectivity index (χ4n) is 1.65. The summed E-state index contributed by atoms with van der Waals surface area (Å²) < 4.78 is 5.13. The number of amides is 1. The molecule has 0 aliphatic carbocycles. The average Bonchev–Trinajstić information content (AvgIpc) is 2.35. The van der Waals surface area contributed by atoms with Crippen LogP contribution in [0.3, 0.4) is 0 Å². The van der Waals surface area contributed by atoms with Gasteiger partial charge in [-0.15, -0.1) is 0 Å². The predicted octanol–water partition coefficient (Wildman–Crippen LogP) is 0.108. The minimum Gasteiger partial charge on any atom is -0.496 e. The predicted molar refractivity (Wildman–Crippen MR) is 68.1 cm³/mol. The quantitative estimate of drug-likeness (QED) is 0.679. The van der Waals surface area contributed by atoms with E-state index in [1.807, 2.05) is 13.0 Å². The summed E-state index contributed by atoms with van der Waals surface area (Å²) in [6, 6.07) is 4.11. The van der Waals surface area contributed by atoms with E-state index in [9.17, 15) is 9.59 Å². The first-order valence-electron chi connectivity index (χ1n) is 5.74. The number of benzene rings is 1. The van der Waals surface area contributed by atoms with E-state index in [-0.39, 0.29) is 6.42 Å². The van der Waals surface area contributed by atoms with Crippen molar-refractivity contribution in [2.24, 2.45) is 0 Å². The van der Waals surface area contributed by atoms with Crippen LogP contribution >= 0.6 is 0 Å². The molecule has 1 atom stereocenters. The number of aliphatic hydroxyl groups is 1. The second-order valence-corrected chi connectivity index (χ2v) is 4.13. The van der Waals surface area contributed by atoms with Gasteiger partial charge in [-0.1, -0.05) is 17.7 Å². The van der Waals surface area contributed by atoms with Gasteiger partial charge in [0.05, 0.1) is 20.1 Å². The van der Waals surface area contributed by atoms with E-state index in [4.69, 9.17) is 14.9 Å². The number of rotatable bonds is 6. The molecule has 0 aliphatic rings. The van der Waals surface area contributed by atoms with E-state index in [0.29, 0.717) is 11.3 Å². The Hall–Kier alpha value is -2.08. The lowest BCUT2D eigenvalue weighted by molar-refractivity contribution is -0.142. The van der Waals surface area contributed by atoms with E-state index in [0.717, 1.165) is 5.56 Å². The van der Waals surface area contributed by atoms with Crippen LogP contribution in [0.25, 0.3) is 0 Å². The Morgan fingerprint density at radius 2 is 2.11 bits per heavy atom. The highest BCUT2D eigenvalue weighted by Crippen LogP contribution is 2.20. The van der Waals surface area contributed by atoms with E-state index in [2.05, 4.69) is 5.32 Å². The largest absolute Gasteiger partial charge is 0.496 e. The maximum absolute atomic E-state index is 11.7. The number of ether oxygens (including phenoxy) is 1. The van der Waals surface area contributed by atoms with E-state index < -0.39 is 24.5 Å². The number of carbonyl (C=O) groups is 2. The number of aliphatic carboxylic acids is 1. The maximum Gasteiger partial charge on any atom is 0.328 e. The van der Waals surface area contributed by atoms with Gasteiger partial charge in [-0.2, -0.15) is 0 Å². The number of carbonyl (C=O) groups excluding carboxylic acids is 1. The van der Waals surface area contributed by atoms with Gasteiger partial charge in [-0.05, 0) is 13.0 Å². The number of aryl methyl sites for hydroxylation is 1. The van der Waals surface area contributed by atoms with E-state index in [1.165, 1.54) is 7.11 Å². The number of aliphatic hydroxyl groups excluding tert-OH is 1. The van der Waals surface area contributed by atoms with Crippen molar-refractivity contribution >= 4 is 11.9 Å². The summed E-state index contributed by atoms with van der Waals surface area (Å²) in [5, 5.41) is 19.8. The third-order valence-electron chi connectivity index (χ3n) is 2.60. The number of carboxylic acid groups (broad SMARTS) is 1. The molecule has 0 radical (unpaired) electrons. The summed E-state index contributed by atoms with van der Waals surface area (Å²) in [5.74, 6) is -1.19. The molecule has 0 bridgehead atoms. The SMILES string of the molecule is COc1ccc(C)cc1CC(=O)N[C@@H](CO)C(=O)O. The van der Waals surface area contributed by atoms with Gasteiger partial charge in [0.15, 0.2) is 0 Å². The average molecular weight is 267 g/mol. The Bertz CT molecular complexity index is 472. The summed E-state index contributed by atoms with van der Waals surface area (Å²) in [6.07, 6.45) is -0.00532. The molecule has 0 heterocycles. The summed E-state index contributed by atoms with van der Waals surface area (Å²) in [4.78, 5) is 22.4. The molecule has 3 N–H and O–H groups in total. The smallest absolute Gasteiger partial charge is 0.328 e. The van der Waals surface area contributed by atoms with Crippen LogP contribution in [0.5, 0.6) is 5.75 Å². The highest BCUT2D eigenvalue weighted by Gasteiger charge is 2.19. The topological polar surface area (TPSA) is 95.9 Å². The van der Waals surface area contributed by atoms with Crippen LogP contribution in [0.1, 0.15) is 11.1 Å². The van der Waals surface area contributed by atoms with Gasteiger partial charge in [0, 0.05) is 5.56 Å². The van der Waals surface area contributed by atoms with Crippen LogP contribution in [0.4, 0.5) is 0 Å². The van der Waals surface area contributed by atoms with Gasteiger partial charge in [0.2, 0.25) is 5.91 Å². The van der Waals surface area contributed by atoms with Gasteiger partial charge < -0.3 is 20.3 Å². The van der Waals surface area contributed by atoms with Crippen molar-refractivity contribution in [3.05, 3.63) is 29.3 Å². The zero-order valence-electron chi connectivity index (χ0n) is 10.8. The van der Waals surface area contributed by atoms with Crippen molar-refractivity contribution in [1.82, 2.24) is 5.32 Å². The minimum atomic E-state index is -1.29. The van der Waals surface area contributed by atoms with Crippen LogP contribution in [0.2, 0.25) is 0 Å². The lowest BCUT2D eigenvalue weighted by Crippen LogP contribution is -2.43. The molecule has 1 rings (SSSR count). The summed E-state index contributed by atoms with van der Waals surface area (Å²) >= 11 is 0. The molecular weight excluding hydrogens is 250 g/mol. The Balaban J connectivity index is 2.76. The van der Waals surface area contributed by atoms with Gasteiger partial charge in [0.1, 0.15) is 11.8 Å². The molecule has 0 aliphatic heterocycles. The molecule has 104 valence electrons. The third-order valence-corrected chi connectivity index (χ3v) is 2.60. The minimum absolute atomic E-state index is 0.00532. The van der Waals surface area contributed by atoms with Gasteiger partial charge in [0.25, 0.3) is 0 Å². The second kappa shape index (κ2) is 6.75. The monoisotopic (exact) mass is 267 g/mol. The molecule has 0 fully saturated rings. The van der Waals surface area contributed by atoms with Gasteiger partial charge in [-0.3, -0.25) is 4.79 Å². The van der Waals surface area contributed by atoms with Crippen molar-refractivity contribution in [1.29, 1.82) is 0 Å². The van der Waals surface area contributed by atoms with Crippen molar-refractivity contribution < 1.29 is 24.5 Å². The van der Waals surface area contributed by atoms with Crippen LogP contribution in [-0.4, -0.2) is 41.8 Å². The fourth-order valence-corrected chi connectivity index (χ4v) is 1.65. The molecule has 0 saturated heterocycles. The molecular formula is C13H17NO5. The first kappa shape index (κ1) is 15.0. The fraction of sp³-hybridized carbons (Fsp3) is 0.385. The van der Waals surface area contributed by atoms with Crippen LogP contribution in [-0.2, 0) is 16.0 Å². The third kappa shape index (κ3) is 4.26. The molecule has 1 amide bonds. The summed E-state index contributed by atoms with van der Waals surface area (Å²) in [7, 11) is 1.50. The second-order valence-electron chi connectivity index (χ2n) is 4.13. The normalized spacial score (nSPS) is 11.7. The highest BCUT2D eigenvalue weighted by atomic mass is 16.5. The number of hydrogen-bond acceptors (Lipinski definition) is 4. The first-order valence-corrected chi connectivity index (χ1v) is 5.74. The highest BCUT2D eigenvalue weighted by molar-refractivity contribution is 5.85. The van der Waals surface area contributed by atoms with Gasteiger partial charge in [-0.25, -0.2) is 4.79 Å². The van der Waals surface area contributed by atoms with Crippen LogP contribution < -0.4 is 10.1 Å². The zero-order chi connectivity index (χ0) is 14.4. The van der Waals surface area contributed by atoms with Crippen molar-refractivity contribution in [2.75, 3.05) is 13.7 Å². The lowest BCUT2D eigenvalue weighted by atomic mass is 10.1. The Kier molecular flexibility index (Phi) is 5.32. The summed E-state index contributed by atoms with van der Waals surface area (Å²) in [5.41, 5.74) is 1.64. The molecule has 0 unspecified atom stereocenters. The molecule has 1 aromatic carbocycles. The molecule has 0 aromatic heterocycles. The lowest BCUT2D eigenvalue weighted by Gasteiger charge is -2.13. The molecule has 0 saturated carbocycles. The van der Waals surface area contributed by atoms with Gasteiger partial charge >= 0.3 is 5.97 Å². The number of hydrogen-bond donors (Lipinski definition) is 3. The molecule has 0 spiro atoms. The van der Waals surface area contributed by atoms with E-state index in [1.54, 1.807) is 12.1 Å². The van der Waals surface area contributed by atoms with Crippen molar-refractivity contribution in [3.63, 3.8) is 0 Å². The van der Waals surface area contributed by atoms with Crippen molar-refractivity contribution in [2.45, 2.75) is 19.4 Å². The molecule has 6 heteroatoms. The number of methoxy groups -OCH3 is 1. The van der Waals surface area contributed by atoms with E-state index >= 15 is 0 Å². The molecule has 19 heavy (non-hydrogen) atoms. The standard InChI is InChI=1S/C13H17NO5/c1-8-3-4-11(19-2)9(5-8)6-12(16)14-10(7-15)13(17)18/h3-5,10,15H,6-7H2,1-2H3,(H,14,16)(H,17,18)/t10-/m0/s1. The Labute approximate surface area is 111 Å². The number of carboxylic acids is 1. The Morgan fingerprint density at radius 3 is 2.63 bits per heavy atom. The van der Waals surface area contributed by atoms with Crippen molar-refractivity contribution in [3.8, 4) is 5.75 Å². The first-order chi connectivity index (χ1) is 8.97. The van der Waals surface area contributed by atoms with Crippen LogP contribution in [0, 0.1) is 6.92 Å². The summed E-state index contributed by atoms with van der Waals surface area (Å²) in [6.45, 7) is 1.24. The zero-order valence-corrected chi connectivity index (χ0v) is 10.8. The molecule has 6 nitrogen and oxygen atoms in total. The maximum atomic E-state index is 11.7. The molecule has 1 aromatic rings. The number of nitrogens with one attached hydrogen (secondary N) is 1. The van der Waals surface area contributed by atoms with Crippen LogP contribution in [0.15, 0.2) is 18.2 Å². The Morgan fingerprint density at radius 1 is 1.42 bits per heavy atom.